The van der Waals surface area contributed by atoms with Crippen LogP contribution in [0.3, 0.4) is 0 Å². The maximum atomic E-state index is 12.5. The number of aromatic hydroxyl groups is 1. The van der Waals surface area contributed by atoms with Crippen LogP contribution in [0.15, 0.2) is 42.2 Å². The van der Waals surface area contributed by atoms with Gasteiger partial charge in [0.15, 0.2) is 5.76 Å². The van der Waals surface area contributed by atoms with E-state index in [0.717, 1.165) is 11.1 Å². The lowest BCUT2D eigenvalue weighted by Crippen LogP contribution is -2.11. The molecule has 0 radical (unpaired) electrons. The van der Waals surface area contributed by atoms with E-state index in [1.165, 1.54) is 0 Å². The van der Waals surface area contributed by atoms with Crippen LogP contribution in [0.25, 0.3) is 6.08 Å². The van der Waals surface area contributed by atoms with Crippen LogP contribution in [0, 0.1) is 6.92 Å². The van der Waals surface area contributed by atoms with Crippen molar-refractivity contribution in [1.29, 1.82) is 0 Å². The summed E-state index contributed by atoms with van der Waals surface area (Å²) in [7, 11) is 3.80. The third-order valence-electron chi connectivity index (χ3n) is 3.73. The largest absolute Gasteiger partial charge is 0.507 e. The highest BCUT2D eigenvalue weighted by Crippen LogP contribution is 2.39. The van der Waals surface area contributed by atoms with Gasteiger partial charge in [0.1, 0.15) is 11.5 Å². The number of carbonyl (C=O) groups is 1. The third-order valence-corrected chi connectivity index (χ3v) is 3.73. The Morgan fingerprint density at radius 3 is 2.70 bits per heavy atom. The lowest BCUT2D eigenvalue weighted by atomic mass is 10.0. The lowest BCUT2D eigenvalue weighted by Gasteiger charge is -2.13. The normalized spacial score (nSPS) is 15.1. The van der Waals surface area contributed by atoms with E-state index < -0.39 is 0 Å². The number of fused-ring (bicyclic) bond motifs is 1. The number of nitrogens with zero attached hydrogens (tertiary/aromatic N) is 1. The molecule has 4 heteroatoms. The van der Waals surface area contributed by atoms with Gasteiger partial charge >= 0.3 is 0 Å². The Balaban J connectivity index is 2.02. The summed E-state index contributed by atoms with van der Waals surface area (Å²) in [6, 6.07) is 11.0. The molecule has 2 aromatic rings. The fourth-order valence-corrected chi connectivity index (χ4v) is 2.68. The first-order valence-corrected chi connectivity index (χ1v) is 7.46. The van der Waals surface area contributed by atoms with Gasteiger partial charge < -0.3 is 14.7 Å². The van der Waals surface area contributed by atoms with Crippen molar-refractivity contribution in [3.8, 4) is 11.5 Å². The van der Waals surface area contributed by atoms with Crippen LogP contribution >= 0.6 is 0 Å². The summed E-state index contributed by atoms with van der Waals surface area (Å²) in [6.45, 7) is 2.50. The molecule has 0 atom stereocenters. The van der Waals surface area contributed by atoms with E-state index in [1.807, 2.05) is 50.2 Å². The molecule has 1 aliphatic heterocycles. The highest BCUT2D eigenvalue weighted by molar-refractivity contribution is 6.15. The molecule has 2 aromatic carbocycles. The lowest BCUT2D eigenvalue weighted by molar-refractivity contribution is 0.101. The second-order valence-electron chi connectivity index (χ2n) is 6.03. The molecule has 4 nitrogen and oxygen atoms in total. The molecule has 1 aliphatic rings. The Hall–Kier alpha value is -2.59. The number of ether oxygens (including phenoxy) is 1. The van der Waals surface area contributed by atoms with Crippen molar-refractivity contribution in [2.24, 2.45) is 0 Å². The van der Waals surface area contributed by atoms with Crippen molar-refractivity contribution in [3.63, 3.8) is 0 Å². The Bertz CT molecular complexity index is 806. The van der Waals surface area contributed by atoms with Crippen LogP contribution in [-0.2, 0) is 6.54 Å². The zero-order valence-corrected chi connectivity index (χ0v) is 13.5. The number of allylic oxidation sites excluding steroid dienone is 1. The first-order valence-electron chi connectivity index (χ1n) is 7.46. The minimum atomic E-state index is -0.151. The van der Waals surface area contributed by atoms with Crippen LogP contribution in [0.5, 0.6) is 11.5 Å². The monoisotopic (exact) mass is 309 g/mol. The Kier molecular flexibility index (Phi) is 3.92. The predicted molar refractivity (Wildman–Crippen MR) is 89.6 cm³/mol. The molecule has 118 valence electrons. The summed E-state index contributed by atoms with van der Waals surface area (Å²) < 4.78 is 5.80. The molecular weight excluding hydrogens is 290 g/mol. The number of hydrogen-bond donors (Lipinski definition) is 1. The predicted octanol–water partition coefficient (Wildman–Crippen LogP) is 3.38. The number of Topliss-reactive ketones (excluding diaryl/α,β-unsaturated/α-hetero) is 1. The van der Waals surface area contributed by atoms with Gasteiger partial charge in [0.25, 0.3) is 0 Å². The topological polar surface area (TPSA) is 49.8 Å². The van der Waals surface area contributed by atoms with Gasteiger partial charge in [-0.2, -0.15) is 0 Å². The van der Waals surface area contributed by atoms with Gasteiger partial charge in [-0.05, 0) is 44.8 Å². The SMILES string of the molecule is Cc1cccc(C=C2Oc3c(ccc(O)c3CN(C)C)C2=O)c1. The zero-order valence-electron chi connectivity index (χ0n) is 13.5. The molecule has 0 aliphatic carbocycles. The Labute approximate surface area is 135 Å². The van der Waals surface area contributed by atoms with E-state index in [1.54, 1.807) is 18.2 Å². The van der Waals surface area contributed by atoms with Gasteiger partial charge in [0.05, 0.1) is 11.1 Å². The number of phenolic OH excluding ortho intramolecular Hbond substituents is 1. The highest BCUT2D eigenvalue weighted by atomic mass is 16.5. The molecular formula is C19H19NO3. The number of rotatable bonds is 3. The summed E-state index contributed by atoms with van der Waals surface area (Å²) in [4.78, 5) is 14.5. The molecule has 0 saturated carbocycles. The van der Waals surface area contributed by atoms with E-state index in [9.17, 15) is 9.90 Å². The summed E-state index contributed by atoms with van der Waals surface area (Å²) in [5, 5.41) is 10.1. The summed E-state index contributed by atoms with van der Waals surface area (Å²) >= 11 is 0. The van der Waals surface area contributed by atoms with Crippen molar-refractivity contribution in [1.82, 2.24) is 4.90 Å². The molecule has 0 saturated heterocycles. The Morgan fingerprint density at radius 1 is 1.22 bits per heavy atom. The second kappa shape index (κ2) is 5.89. The van der Waals surface area contributed by atoms with Crippen LogP contribution in [0.4, 0.5) is 0 Å². The highest BCUT2D eigenvalue weighted by Gasteiger charge is 2.31. The van der Waals surface area contributed by atoms with Crippen LogP contribution < -0.4 is 4.74 Å². The van der Waals surface area contributed by atoms with Gasteiger partial charge in [-0.25, -0.2) is 0 Å². The van der Waals surface area contributed by atoms with Crippen molar-refractivity contribution in [2.75, 3.05) is 14.1 Å². The van der Waals surface area contributed by atoms with Crippen molar-refractivity contribution < 1.29 is 14.6 Å². The van der Waals surface area contributed by atoms with Crippen molar-refractivity contribution in [3.05, 3.63) is 64.4 Å². The van der Waals surface area contributed by atoms with Gasteiger partial charge in [-0.3, -0.25) is 4.79 Å². The minimum absolute atomic E-state index is 0.141. The number of carbonyl (C=O) groups excluding carboxylic acids is 1. The molecule has 0 unspecified atom stereocenters. The molecule has 1 N–H and O–H groups in total. The standard InChI is InChI=1S/C19H19NO3/c1-12-5-4-6-13(9-12)10-17-18(22)14-7-8-16(21)15(11-20(2)3)19(14)23-17/h4-10,21H,11H2,1-3H3. The van der Waals surface area contributed by atoms with Gasteiger partial charge in [0.2, 0.25) is 5.78 Å². The van der Waals surface area contributed by atoms with Crippen molar-refractivity contribution >= 4 is 11.9 Å². The minimum Gasteiger partial charge on any atom is -0.507 e. The number of aryl methyl sites for hydroxylation is 1. The number of benzene rings is 2. The smallest absolute Gasteiger partial charge is 0.231 e. The average Bonchev–Trinajstić information content (AvgIpc) is 2.79. The van der Waals surface area contributed by atoms with Gasteiger partial charge in [0, 0.05) is 6.54 Å². The summed E-state index contributed by atoms with van der Waals surface area (Å²) in [5.41, 5.74) is 3.17. The first-order chi connectivity index (χ1) is 11.0. The molecule has 0 amide bonds. The zero-order chi connectivity index (χ0) is 16.6. The van der Waals surface area contributed by atoms with Crippen molar-refractivity contribution in [2.45, 2.75) is 13.5 Å². The van der Waals surface area contributed by atoms with E-state index >= 15 is 0 Å². The maximum Gasteiger partial charge on any atom is 0.231 e. The molecule has 0 aromatic heterocycles. The molecule has 0 bridgehead atoms. The quantitative estimate of drug-likeness (QED) is 0.883. The summed E-state index contributed by atoms with van der Waals surface area (Å²) in [6.07, 6.45) is 1.74. The number of hydrogen-bond acceptors (Lipinski definition) is 4. The van der Waals surface area contributed by atoms with Crippen LogP contribution in [-0.4, -0.2) is 29.9 Å². The van der Waals surface area contributed by atoms with Crippen LogP contribution in [0.2, 0.25) is 0 Å². The molecule has 0 spiro atoms. The molecule has 0 fully saturated rings. The second-order valence-corrected chi connectivity index (χ2v) is 6.03. The van der Waals surface area contributed by atoms with E-state index in [0.29, 0.717) is 23.4 Å². The van der Waals surface area contributed by atoms with Gasteiger partial charge in [-0.15, -0.1) is 0 Å². The number of phenols is 1. The average molecular weight is 309 g/mol. The number of ketones is 1. The maximum absolute atomic E-state index is 12.5. The molecule has 23 heavy (non-hydrogen) atoms. The summed E-state index contributed by atoms with van der Waals surface area (Å²) in [5.74, 6) is 0.738. The van der Waals surface area contributed by atoms with E-state index in [4.69, 9.17) is 4.74 Å². The molecule has 1 heterocycles. The van der Waals surface area contributed by atoms with E-state index in [-0.39, 0.29) is 17.3 Å². The Morgan fingerprint density at radius 2 is 2.00 bits per heavy atom. The van der Waals surface area contributed by atoms with Gasteiger partial charge in [-0.1, -0.05) is 29.8 Å². The van der Waals surface area contributed by atoms with Crippen LogP contribution in [0.1, 0.15) is 27.0 Å². The first kappa shape index (κ1) is 15.3. The fourth-order valence-electron chi connectivity index (χ4n) is 2.68. The van der Waals surface area contributed by atoms with E-state index in [2.05, 4.69) is 0 Å². The third kappa shape index (κ3) is 2.98. The molecule has 3 rings (SSSR count). The fraction of sp³-hybridized carbons (Fsp3) is 0.211.